The predicted molar refractivity (Wildman–Crippen MR) is 143 cm³/mol. The molecular weight excluding hydrogens is 509 g/mol. The lowest BCUT2D eigenvalue weighted by Gasteiger charge is -2.14. The number of benzene rings is 3. The van der Waals surface area contributed by atoms with Crippen molar-refractivity contribution in [2.45, 2.75) is 12.8 Å². The van der Waals surface area contributed by atoms with Crippen LogP contribution in [0.4, 0.5) is 5.69 Å². The van der Waals surface area contributed by atoms with E-state index in [9.17, 15) is 9.59 Å². The Morgan fingerprint density at radius 1 is 0.973 bits per heavy atom. The van der Waals surface area contributed by atoms with Crippen LogP contribution < -0.4 is 10.6 Å². The Morgan fingerprint density at radius 3 is 2.54 bits per heavy atom. The monoisotopic (exact) mass is 534 g/mol. The smallest absolute Gasteiger partial charge is 0.261 e. The van der Waals surface area contributed by atoms with Crippen molar-refractivity contribution in [1.29, 1.82) is 0 Å². The summed E-state index contributed by atoms with van der Waals surface area (Å²) in [5.41, 5.74) is 4.07. The Balaban J connectivity index is 1.27. The molecule has 1 aromatic heterocycles. The SMILES string of the molecule is O=C(NCCN1CCCC1)c1ccc(C(=O)Nc2ccc(Cl)c(-c3cnc4ccccc4n3)c2)c([ClH+])c1. The second-order valence-electron chi connectivity index (χ2n) is 8.91. The van der Waals surface area contributed by atoms with Crippen LogP contribution in [0, 0.1) is 11.6 Å². The summed E-state index contributed by atoms with van der Waals surface area (Å²) >= 11 is 11.9. The Kier molecular flexibility index (Phi) is 7.65. The summed E-state index contributed by atoms with van der Waals surface area (Å²) in [5, 5.41) is 6.60. The molecule has 0 spiro atoms. The van der Waals surface area contributed by atoms with Gasteiger partial charge in [0.05, 0.1) is 27.9 Å². The van der Waals surface area contributed by atoms with Crippen LogP contribution in [0.25, 0.3) is 22.3 Å². The van der Waals surface area contributed by atoms with E-state index in [0.29, 0.717) is 44.7 Å². The lowest BCUT2D eigenvalue weighted by molar-refractivity contribution is -0.289. The molecule has 1 aliphatic heterocycles. The van der Waals surface area contributed by atoms with E-state index >= 15 is 0 Å². The molecule has 37 heavy (non-hydrogen) atoms. The summed E-state index contributed by atoms with van der Waals surface area (Å²) in [6.45, 7) is 3.58. The first-order valence-corrected chi connectivity index (χ1v) is 12.9. The molecule has 0 atom stereocenters. The fourth-order valence-electron chi connectivity index (χ4n) is 4.37. The maximum atomic E-state index is 13.0. The summed E-state index contributed by atoms with van der Waals surface area (Å²) in [5.74, 6) is -0.569. The molecule has 0 aliphatic carbocycles. The van der Waals surface area contributed by atoms with Gasteiger partial charge in [0, 0.05) is 36.0 Å². The highest BCUT2D eigenvalue weighted by molar-refractivity contribution is 6.33. The lowest BCUT2D eigenvalue weighted by atomic mass is 10.1. The van der Waals surface area contributed by atoms with Crippen molar-refractivity contribution < 1.29 is 21.2 Å². The van der Waals surface area contributed by atoms with Gasteiger partial charge in [0.2, 0.25) is 5.02 Å². The molecule has 0 radical (unpaired) electrons. The number of fused-ring (bicyclic) bond motifs is 1. The highest BCUT2D eigenvalue weighted by atomic mass is 35.5. The van der Waals surface area contributed by atoms with Crippen LogP contribution in [0.3, 0.4) is 0 Å². The van der Waals surface area contributed by atoms with Crippen LogP contribution in [-0.2, 0) is 0 Å². The molecular formula is C28H26Cl2N5O2+. The topological polar surface area (TPSA) is 87.2 Å². The first kappa shape index (κ1) is 25.1. The molecule has 1 fully saturated rings. The highest BCUT2D eigenvalue weighted by Crippen LogP contribution is 2.30. The van der Waals surface area contributed by atoms with E-state index in [1.54, 1.807) is 42.6 Å². The predicted octanol–water partition coefficient (Wildman–Crippen LogP) is 4.72. The molecule has 5 rings (SSSR count). The fraction of sp³-hybridized carbons (Fsp3) is 0.214. The van der Waals surface area contributed by atoms with Crippen molar-refractivity contribution in [3.63, 3.8) is 0 Å². The zero-order valence-corrected chi connectivity index (χ0v) is 21.6. The second kappa shape index (κ2) is 11.3. The average molecular weight is 535 g/mol. The van der Waals surface area contributed by atoms with Gasteiger partial charge < -0.3 is 15.5 Å². The van der Waals surface area contributed by atoms with E-state index in [4.69, 9.17) is 23.2 Å². The molecule has 2 heterocycles. The summed E-state index contributed by atoms with van der Waals surface area (Å²) in [4.78, 5) is 37.0. The Bertz CT molecular complexity index is 1470. The first-order valence-electron chi connectivity index (χ1n) is 12.1. The number of nitrogens with zero attached hydrogens (tertiary/aromatic N) is 3. The van der Waals surface area contributed by atoms with Gasteiger partial charge in [0.1, 0.15) is 5.56 Å². The molecule has 0 saturated carbocycles. The van der Waals surface area contributed by atoms with Gasteiger partial charge in [-0.2, -0.15) is 0 Å². The van der Waals surface area contributed by atoms with Gasteiger partial charge in [-0.05, 0) is 68.4 Å². The molecule has 1 aliphatic rings. The number of carbonyl (C=O) groups excluding carboxylic acids is 2. The molecule has 2 amide bonds. The summed E-state index contributed by atoms with van der Waals surface area (Å²) in [6, 6.07) is 17.5. The van der Waals surface area contributed by atoms with Crippen molar-refractivity contribution >= 4 is 40.1 Å². The zero-order valence-electron chi connectivity index (χ0n) is 20.0. The number of para-hydroxylation sites is 2. The van der Waals surface area contributed by atoms with Gasteiger partial charge in [-0.25, -0.2) is 4.98 Å². The lowest BCUT2D eigenvalue weighted by Crippen LogP contribution is -2.33. The molecule has 3 aromatic carbocycles. The van der Waals surface area contributed by atoms with E-state index in [0.717, 1.165) is 30.7 Å². The minimum Gasteiger partial charge on any atom is -0.351 e. The molecule has 188 valence electrons. The zero-order chi connectivity index (χ0) is 25.8. The largest absolute Gasteiger partial charge is 0.351 e. The molecule has 0 unspecified atom stereocenters. The summed E-state index contributed by atoms with van der Waals surface area (Å²) in [7, 11) is 0. The molecule has 2 N–H and O–H groups in total. The van der Waals surface area contributed by atoms with Crippen molar-refractivity contribution in [2.75, 3.05) is 31.5 Å². The maximum absolute atomic E-state index is 13.0. The molecule has 0 bridgehead atoms. The van der Waals surface area contributed by atoms with Crippen LogP contribution >= 0.6 is 11.6 Å². The maximum Gasteiger partial charge on any atom is 0.261 e. The Labute approximate surface area is 224 Å². The van der Waals surface area contributed by atoms with Gasteiger partial charge in [0.25, 0.3) is 11.8 Å². The molecule has 4 aromatic rings. The quantitative estimate of drug-likeness (QED) is 0.358. The number of likely N-dealkylation sites (tertiary alicyclic amines) is 1. The standard InChI is InChI=1S/C28H25Cl2N5O2/c29-22-10-8-19(16-21(22)26-17-32-24-5-1-2-6-25(24)34-26)33-28(37)20-9-7-18(15-23(20)30)27(36)31-11-14-35-12-3-4-13-35/h1-2,5-10,15-17,30H,3-4,11-14H2,(H-,31,33,36,37)/p+1. The third kappa shape index (κ3) is 5.91. The number of amides is 2. The molecule has 1 saturated heterocycles. The number of carbonyl (C=O) groups is 2. The second-order valence-corrected chi connectivity index (χ2v) is 9.76. The van der Waals surface area contributed by atoms with E-state index < -0.39 is 0 Å². The van der Waals surface area contributed by atoms with Gasteiger partial charge in [-0.3, -0.25) is 14.6 Å². The van der Waals surface area contributed by atoms with Gasteiger partial charge in [-0.1, -0.05) is 23.7 Å². The van der Waals surface area contributed by atoms with Crippen LogP contribution in [0.1, 0.15) is 33.6 Å². The van der Waals surface area contributed by atoms with E-state index in [1.807, 2.05) is 24.3 Å². The van der Waals surface area contributed by atoms with Crippen LogP contribution in [0.15, 0.2) is 66.9 Å². The van der Waals surface area contributed by atoms with Crippen molar-refractivity contribution in [3.8, 4) is 11.3 Å². The third-order valence-electron chi connectivity index (χ3n) is 6.35. The van der Waals surface area contributed by atoms with Gasteiger partial charge in [0.15, 0.2) is 11.6 Å². The summed E-state index contributed by atoms with van der Waals surface area (Å²) in [6.07, 6.45) is 4.09. The molecule has 9 heteroatoms. The van der Waals surface area contributed by atoms with Crippen molar-refractivity contribution in [3.05, 3.63) is 88.0 Å². The number of nitrogens with one attached hydrogen (secondary N) is 2. The fourth-order valence-corrected chi connectivity index (χ4v) is 4.87. The van der Waals surface area contributed by atoms with Crippen LogP contribution in [0.2, 0.25) is 10.0 Å². The number of aromatic nitrogens is 2. The number of anilines is 1. The Morgan fingerprint density at radius 2 is 1.76 bits per heavy atom. The summed E-state index contributed by atoms with van der Waals surface area (Å²) < 4.78 is 0. The third-order valence-corrected chi connectivity index (χ3v) is 7.02. The van der Waals surface area contributed by atoms with Crippen LogP contribution in [-0.4, -0.2) is 52.9 Å². The number of hydrogen-bond acceptors (Lipinski definition) is 5. The first-order chi connectivity index (χ1) is 18.0. The van der Waals surface area contributed by atoms with E-state index in [2.05, 4.69) is 25.5 Å². The highest BCUT2D eigenvalue weighted by Gasteiger charge is 2.20. The van der Waals surface area contributed by atoms with Gasteiger partial charge in [-0.15, -0.1) is 0 Å². The minimum absolute atomic E-state index is 0.198. The van der Waals surface area contributed by atoms with E-state index in [-0.39, 0.29) is 11.8 Å². The van der Waals surface area contributed by atoms with Crippen molar-refractivity contribution in [1.82, 2.24) is 20.2 Å². The van der Waals surface area contributed by atoms with Crippen molar-refractivity contribution in [2.24, 2.45) is 0 Å². The minimum atomic E-state index is -0.371. The number of halogens is 2. The normalized spacial score (nSPS) is 13.6. The number of rotatable bonds is 7. The molecule has 7 nitrogen and oxygen atoms in total. The number of hydrogen-bond donors (Lipinski definition) is 2. The average Bonchev–Trinajstić information content (AvgIpc) is 3.43. The van der Waals surface area contributed by atoms with E-state index in [1.165, 1.54) is 12.8 Å². The Hall–Kier alpha value is -3.52. The van der Waals surface area contributed by atoms with Gasteiger partial charge >= 0.3 is 0 Å². The van der Waals surface area contributed by atoms with Crippen LogP contribution in [0.5, 0.6) is 0 Å².